The number of nitrogens with one attached hydrogen (secondary N) is 2. The van der Waals surface area contributed by atoms with Gasteiger partial charge in [0.05, 0.1) is 12.6 Å². The van der Waals surface area contributed by atoms with Crippen molar-refractivity contribution in [1.82, 2.24) is 10.6 Å². The second kappa shape index (κ2) is 11.0. The number of aliphatic hydroxyl groups excluding tert-OH is 1. The molecule has 0 bridgehead atoms. The molecule has 0 saturated carbocycles. The van der Waals surface area contributed by atoms with Crippen LogP contribution in [0.15, 0.2) is 66.2 Å². The summed E-state index contributed by atoms with van der Waals surface area (Å²) in [5, 5.41) is 16.4. The highest BCUT2D eigenvalue weighted by molar-refractivity contribution is 5.79. The van der Waals surface area contributed by atoms with E-state index >= 15 is 0 Å². The van der Waals surface area contributed by atoms with E-state index in [1.54, 1.807) is 24.3 Å². The van der Waals surface area contributed by atoms with E-state index in [1.165, 1.54) is 6.07 Å². The van der Waals surface area contributed by atoms with E-state index in [0.717, 1.165) is 11.3 Å². The average Bonchev–Trinajstić information content (AvgIpc) is 2.69. The Balaban J connectivity index is 2.02. The molecular formula is C21H26FN3O2. The second-order valence-electron chi connectivity index (χ2n) is 5.82. The molecule has 0 saturated heterocycles. The summed E-state index contributed by atoms with van der Waals surface area (Å²) in [7, 11) is 0. The molecule has 3 N–H and O–H groups in total. The van der Waals surface area contributed by atoms with Gasteiger partial charge >= 0.3 is 0 Å². The van der Waals surface area contributed by atoms with Crippen molar-refractivity contribution < 1.29 is 14.2 Å². The molecule has 0 heterocycles. The summed E-state index contributed by atoms with van der Waals surface area (Å²) < 4.78 is 19.4. The van der Waals surface area contributed by atoms with Gasteiger partial charge in [0.15, 0.2) is 5.96 Å². The van der Waals surface area contributed by atoms with Crippen LogP contribution in [0.25, 0.3) is 0 Å². The number of hydrogen-bond acceptors (Lipinski definition) is 3. The number of halogens is 1. The van der Waals surface area contributed by atoms with Crippen LogP contribution >= 0.6 is 0 Å². The van der Waals surface area contributed by atoms with Crippen LogP contribution in [0.1, 0.15) is 24.2 Å². The summed E-state index contributed by atoms with van der Waals surface area (Å²) in [6.07, 6.45) is 0.716. The lowest BCUT2D eigenvalue weighted by Gasteiger charge is -2.16. The Morgan fingerprint density at radius 3 is 2.70 bits per heavy atom. The van der Waals surface area contributed by atoms with E-state index in [0.29, 0.717) is 25.7 Å². The van der Waals surface area contributed by atoms with E-state index in [2.05, 4.69) is 22.2 Å². The summed E-state index contributed by atoms with van der Waals surface area (Å²) in [5.41, 5.74) is 1.19. The first-order valence-electron chi connectivity index (χ1n) is 8.92. The Bertz CT molecular complexity index is 765. The Morgan fingerprint density at radius 2 is 1.96 bits per heavy atom. The lowest BCUT2D eigenvalue weighted by Crippen LogP contribution is -2.39. The molecule has 2 aromatic rings. The van der Waals surface area contributed by atoms with Gasteiger partial charge in [-0.1, -0.05) is 49.1 Å². The molecule has 0 aliphatic rings. The molecule has 2 aromatic carbocycles. The van der Waals surface area contributed by atoms with E-state index in [-0.39, 0.29) is 12.1 Å². The fourth-order valence-electron chi connectivity index (χ4n) is 2.48. The molecule has 6 heteroatoms. The van der Waals surface area contributed by atoms with Crippen molar-refractivity contribution in [2.24, 2.45) is 4.99 Å². The molecule has 1 unspecified atom stereocenters. The van der Waals surface area contributed by atoms with Crippen LogP contribution in [0, 0.1) is 5.82 Å². The first-order chi connectivity index (χ1) is 13.2. The smallest absolute Gasteiger partial charge is 0.191 e. The average molecular weight is 371 g/mol. The van der Waals surface area contributed by atoms with Gasteiger partial charge in [0.1, 0.15) is 18.2 Å². The van der Waals surface area contributed by atoms with Crippen molar-refractivity contribution >= 4 is 5.96 Å². The largest absolute Gasteiger partial charge is 0.489 e. The predicted molar refractivity (Wildman–Crippen MR) is 106 cm³/mol. The van der Waals surface area contributed by atoms with E-state index in [4.69, 9.17) is 4.74 Å². The van der Waals surface area contributed by atoms with Crippen LogP contribution in [-0.2, 0) is 6.54 Å². The van der Waals surface area contributed by atoms with Crippen LogP contribution in [-0.4, -0.2) is 30.8 Å². The third-order valence-corrected chi connectivity index (χ3v) is 3.81. The number of nitrogens with zero attached hydrogens (tertiary/aromatic N) is 1. The third-order valence-electron chi connectivity index (χ3n) is 3.81. The van der Waals surface area contributed by atoms with E-state index < -0.39 is 11.9 Å². The van der Waals surface area contributed by atoms with Crippen LogP contribution in [0.5, 0.6) is 5.75 Å². The Morgan fingerprint density at radius 1 is 1.22 bits per heavy atom. The van der Waals surface area contributed by atoms with Crippen LogP contribution < -0.4 is 15.4 Å². The van der Waals surface area contributed by atoms with Crippen LogP contribution in [0.4, 0.5) is 4.39 Å². The van der Waals surface area contributed by atoms with Crippen molar-refractivity contribution in [3.05, 3.63) is 78.1 Å². The zero-order valence-electron chi connectivity index (χ0n) is 15.5. The van der Waals surface area contributed by atoms with Gasteiger partial charge in [-0.2, -0.15) is 0 Å². The third kappa shape index (κ3) is 6.42. The first-order valence-corrected chi connectivity index (χ1v) is 8.92. The topological polar surface area (TPSA) is 65.9 Å². The maximum atomic E-state index is 13.8. The number of benzene rings is 2. The summed E-state index contributed by atoms with van der Waals surface area (Å²) in [5.74, 6) is 0.858. The fourth-order valence-corrected chi connectivity index (χ4v) is 2.48. The molecule has 0 aliphatic carbocycles. The minimum absolute atomic E-state index is 0.140. The standard InChI is InChI=1S/C21H26FN3O2/c1-3-13-27-20-12-8-5-9-16(20)14-24-21(23-4-2)25-15-19(26)17-10-6-7-11-18(17)22/h3,5-12,19,26H,1,4,13-15H2,2H3,(H2,23,24,25). The summed E-state index contributed by atoms with van der Waals surface area (Å²) >= 11 is 0. The highest BCUT2D eigenvalue weighted by Crippen LogP contribution is 2.19. The molecule has 1 atom stereocenters. The zero-order chi connectivity index (χ0) is 19.5. The summed E-state index contributed by atoms with van der Waals surface area (Å²) in [6.45, 7) is 7.23. The predicted octanol–water partition coefficient (Wildman–Crippen LogP) is 3.18. The normalized spacial score (nSPS) is 12.3. The van der Waals surface area contributed by atoms with Crippen molar-refractivity contribution in [3.8, 4) is 5.75 Å². The molecule has 144 valence electrons. The minimum Gasteiger partial charge on any atom is -0.489 e. The van der Waals surface area contributed by atoms with Gasteiger partial charge in [0.25, 0.3) is 0 Å². The van der Waals surface area contributed by atoms with E-state index in [9.17, 15) is 9.50 Å². The SMILES string of the molecule is C=CCOc1ccccc1CN=C(NCC)NCC(O)c1ccccc1F. The Kier molecular flexibility index (Phi) is 8.32. The summed E-state index contributed by atoms with van der Waals surface area (Å²) in [4.78, 5) is 4.52. The number of para-hydroxylation sites is 1. The van der Waals surface area contributed by atoms with Crippen molar-refractivity contribution in [3.63, 3.8) is 0 Å². The number of ether oxygens (including phenoxy) is 1. The van der Waals surface area contributed by atoms with Crippen LogP contribution in [0.3, 0.4) is 0 Å². The maximum absolute atomic E-state index is 13.8. The van der Waals surface area contributed by atoms with Gasteiger partial charge in [-0.15, -0.1) is 0 Å². The maximum Gasteiger partial charge on any atom is 0.191 e. The first kappa shape index (κ1) is 20.5. The van der Waals surface area contributed by atoms with Crippen molar-refractivity contribution in [1.29, 1.82) is 0 Å². The molecule has 0 fully saturated rings. The molecule has 0 amide bonds. The zero-order valence-corrected chi connectivity index (χ0v) is 15.5. The molecule has 5 nitrogen and oxygen atoms in total. The number of rotatable bonds is 9. The van der Waals surface area contributed by atoms with Crippen molar-refractivity contribution in [2.75, 3.05) is 19.7 Å². The molecule has 0 aromatic heterocycles. The van der Waals surface area contributed by atoms with Crippen LogP contribution in [0.2, 0.25) is 0 Å². The molecule has 0 aliphatic heterocycles. The molecule has 27 heavy (non-hydrogen) atoms. The lowest BCUT2D eigenvalue weighted by atomic mass is 10.1. The van der Waals surface area contributed by atoms with Gasteiger partial charge in [0.2, 0.25) is 0 Å². The molecule has 0 radical (unpaired) electrons. The second-order valence-corrected chi connectivity index (χ2v) is 5.82. The Labute approximate surface area is 159 Å². The lowest BCUT2D eigenvalue weighted by molar-refractivity contribution is 0.176. The molecular weight excluding hydrogens is 345 g/mol. The van der Waals surface area contributed by atoms with E-state index in [1.807, 2.05) is 31.2 Å². The monoisotopic (exact) mass is 371 g/mol. The molecule has 2 rings (SSSR count). The number of guanidine groups is 1. The van der Waals surface area contributed by atoms with Crippen molar-refractivity contribution in [2.45, 2.75) is 19.6 Å². The van der Waals surface area contributed by atoms with Gasteiger partial charge in [-0.05, 0) is 19.1 Å². The number of aliphatic hydroxyl groups is 1. The fraction of sp³-hybridized carbons (Fsp3) is 0.286. The minimum atomic E-state index is -0.974. The van der Waals surface area contributed by atoms with Gasteiger partial charge in [-0.25, -0.2) is 9.38 Å². The van der Waals surface area contributed by atoms with Gasteiger partial charge in [-0.3, -0.25) is 0 Å². The number of hydrogen-bond donors (Lipinski definition) is 3. The number of aliphatic imine (C=N–C) groups is 1. The quantitative estimate of drug-likeness (QED) is 0.360. The highest BCUT2D eigenvalue weighted by atomic mass is 19.1. The highest BCUT2D eigenvalue weighted by Gasteiger charge is 2.12. The summed E-state index contributed by atoms with van der Waals surface area (Å²) in [6, 6.07) is 13.8. The Hall–Kier alpha value is -2.86. The van der Waals surface area contributed by atoms with Gasteiger partial charge in [0, 0.05) is 24.2 Å². The molecule has 0 spiro atoms. The van der Waals surface area contributed by atoms with Gasteiger partial charge < -0.3 is 20.5 Å².